The molecule has 0 atom stereocenters. The number of aromatic nitrogens is 1. The van der Waals surface area contributed by atoms with Crippen LogP contribution >= 0.6 is 23.3 Å². The number of anilines is 1. The zero-order valence-corrected chi connectivity index (χ0v) is 11.5. The highest BCUT2D eigenvalue weighted by atomic mass is 32.2. The maximum absolute atomic E-state index is 4.46. The molecule has 1 aliphatic carbocycles. The van der Waals surface area contributed by atoms with E-state index in [9.17, 15) is 0 Å². The summed E-state index contributed by atoms with van der Waals surface area (Å²) in [6.45, 7) is 1.07. The zero-order chi connectivity index (χ0) is 11.7. The summed E-state index contributed by atoms with van der Waals surface area (Å²) >= 11 is 3.59. The predicted octanol–water partition coefficient (Wildman–Crippen LogP) is 3.99. The third-order valence-corrected chi connectivity index (χ3v) is 5.91. The first kappa shape index (κ1) is 11.4. The third kappa shape index (κ3) is 2.04. The van der Waals surface area contributed by atoms with Gasteiger partial charge in [-0.2, -0.15) is 16.1 Å². The van der Waals surface area contributed by atoms with Crippen molar-refractivity contribution >= 4 is 39.2 Å². The Hall–Kier alpha value is -0.740. The van der Waals surface area contributed by atoms with E-state index >= 15 is 0 Å². The number of fused-ring (bicyclic) bond motifs is 1. The standard InChI is InChI=1S/C13H16N2S2/c1-16-13(7-4-8-13)9-14-12-10-5-2-3-6-11(10)15-17-12/h2-3,5-6,14H,4,7-9H2,1H3. The average molecular weight is 264 g/mol. The van der Waals surface area contributed by atoms with Crippen molar-refractivity contribution in [2.75, 3.05) is 18.1 Å². The van der Waals surface area contributed by atoms with Crippen molar-refractivity contribution in [1.29, 1.82) is 0 Å². The Morgan fingerprint density at radius 1 is 1.41 bits per heavy atom. The Bertz CT molecular complexity index is 511. The normalized spacial score (nSPS) is 17.9. The molecule has 0 bridgehead atoms. The summed E-state index contributed by atoms with van der Waals surface area (Å²) in [6.07, 6.45) is 6.30. The molecule has 3 rings (SSSR count). The molecule has 2 aromatic rings. The van der Waals surface area contributed by atoms with E-state index < -0.39 is 0 Å². The monoisotopic (exact) mass is 264 g/mol. The molecule has 0 spiro atoms. The smallest absolute Gasteiger partial charge is 0.117 e. The van der Waals surface area contributed by atoms with Crippen molar-refractivity contribution in [2.45, 2.75) is 24.0 Å². The van der Waals surface area contributed by atoms with Gasteiger partial charge in [-0.15, -0.1) is 0 Å². The molecule has 1 aliphatic rings. The molecule has 0 aliphatic heterocycles. The lowest BCUT2D eigenvalue weighted by atomic mass is 9.84. The summed E-state index contributed by atoms with van der Waals surface area (Å²) in [5, 5.41) is 6.08. The van der Waals surface area contributed by atoms with Crippen LogP contribution in [0.3, 0.4) is 0 Å². The summed E-state index contributed by atoms with van der Waals surface area (Å²) < 4.78 is 4.94. The maximum Gasteiger partial charge on any atom is 0.117 e. The SMILES string of the molecule is CSC1(CNc2snc3ccccc23)CCC1. The summed E-state index contributed by atoms with van der Waals surface area (Å²) in [4.78, 5) is 0. The number of hydrogen-bond acceptors (Lipinski definition) is 4. The summed E-state index contributed by atoms with van der Waals surface area (Å²) in [7, 11) is 0. The second-order valence-electron chi connectivity index (χ2n) is 4.62. The number of rotatable bonds is 4. The molecule has 1 heterocycles. The Balaban J connectivity index is 1.77. The molecular weight excluding hydrogens is 248 g/mol. The fraction of sp³-hybridized carbons (Fsp3) is 0.462. The van der Waals surface area contributed by atoms with Gasteiger partial charge in [0.15, 0.2) is 0 Å². The molecule has 17 heavy (non-hydrogen) atoms. The first-order valence-electron chi connectivity index (χ1n) is 5.96. The molecule has 0 saturated heterocycles. The molecule has 0 unspecified atom stereocenters. The molecular formula is C13H16N2S2. The van der Waals surface area contributed by atoms with Crippen LogP contribution in [0.25, 0.3) is 10.9 Å². The number of nitrogens with zero attached hydrogens (tertiary/aromatic N) is 1. The van der Waals surface area contributed by atoms with E-state index in [1.54, 1.807) is 11.5 Å². The van der Waals surface area contributed by atoms with Gasteiger partial charge >= 0.3 is 0 Å². The van der Waals surface area contributed by atoms with E-state index in [2.05, 4.69) is 34.1 Å². The fourth-order valence-electron chi connectivity index (χ4n) is 2.28. The first-order chi connectivity index (χ1) is 8.33. The number of thioether (sulfide) groups is 1. The van der Waals surface area contributed by atoms with Crippen LogP contribution in [0.1, 0.15) is 19.3 Å². The van der Waals surface area contributed by atoms with E-state index in [4.69, 9.17) is 0 Å². The highest BCUT2D eigenvalue weighted by Gasteiger charge is 2.35. The van der Waals surface area contributed by atoms with Crippen LogP contribution in [-0.4, -0.2) is 21.9 Å². The molecule has 90 valence electrons. The first-order valence-corrected chi connectivity index (χ1v) is 7.96. The lowest BCUT2D eigenvalue weighted by Gasteiger charge is -2.40. The minimum Gasteiger partial charge on any atom is -0.374 e. The van der Waals surface area contributed by atoms with Crippen LogP contribution in [0, 0.1) is 0 Å². The van der Waals surface area contributed by atoms with Gasteiger partial charge in [0.2, 0.25) is 0 Å². The summed E-state index contributed by atoms with van der Waals surface area (Å²) in [6, 6.07) is 8.34. The van der Waals surface area contributed by atoms with Gasteiger partial charge in [-0.05, 0) is 42.8 Å². The number of nitrogens with one attached hydrogen (secondary N) is 1. The van der Waals surface area contributed by atoms with E-state index in [0.29, 0.717) is 4.75 Å². The molecule has 1 N–H and O–H groups in total. The van der Waals surface area contributed by atoms with Gasteiger partial charge in [0.05, 0.1) is 5.52 Å². The van der Waals surface area contributed by atoms with Crippen molar-refractivity contribution in [2.24, 2.45) is 0 Å². The lowest BCUT2D eigenvalue weighted by molar-refractivity contribution is 0.380. The van der Waals surface area contributed by atoms with Crippen LogP contribution in [0.4, 0.5) is 5.00 Å². The fourth-order valence-corrected chi connectivity index (χ4v) is 3.95. The van der Waals surface area contributed by atoms with E-state index in [1.165, 1.54) is 29.6 Å². The molecule has 1 saturated carbocycles. The van der Waals surface area contributed by atoms with Crippen molar-refractivity contribution in [3.8, 4) is 0 Å². The summed E-state index contributed by atoms with van der Waals surface area (Å²) in [5.74, 6) is 0. The van der Waals surface area contributed by atoms with Gasteiger partial charge in [0, 0.05) is 16.7 Å². The quantitative estimate of drug-likeness (QED) is 0.903. The number of hydrogen-bond donors (Lipinski definition) is 1. The Labute approximate surface area is 110 Å². The topological polar surface area (TPSA) is 24.9 Å². The van der Waals surface area contributed by atoms with Crippen molar-refractivity contribution < 1.29 is 0 Å². The largest absolute Gasteiger partial charge is 0.374 e. The zero-order valence-electron chi connectivity index (χ0n) is 9.90. The molecule has 0 radical (unpaired) electrons. The van der Waals surface area contributed by atoms with Crippen molar-refractivity contribution in [3.63, 3.8) is 0 Å². The van der Waals surface area contributed by atoms with E-state index in [0.717, 1.165) is 12.1 Å². The Morgan fingerprint density at radius 3 is 2.94 bits per heavy atom. The lowest BCUT2D eigenvalue weighted by Crippen LogP contribution is -2.40. The van der Waals surface area contributed by atoms with E-state index in [1.807, 2.05) is 17.8 Å². The molecule has 4 heteroatoms. The molecule has 1 fully saturated rings. The second kappa shape index (κ2) is 4.50. The Kier molecular flexibility index (Phi) is 3.01. The molecule has 0 amide bonds. The second-order valence-corrected chi connectivity index (χ2v) is 6.67. The van der Waals surface area contributed by atoms with Gasteiger partial charge in [0.25, 0.3) is 0 Å². The number of benzene rings is 1. The van der Waals surface area contributed by atoms with Gasteiger partial charge in [-0.3, -0.25) is 0 Å². The minimum absolute atomic E-state index is 0.477. The Morgan fingerprint density at radius 2 is 2.24 bits per heavy atom. The predicted molar refractivity (Wildman–Crippen MR) is 78.2 cm³/mol. The highest BCUT2D eigenvalue weighted by molar-refractivity contribution is 8.00. The molecule has 2 nitrogen and oxygen atoms in total. The van der Waals surface area contributed by atoms with Crippen molar-refractivity contribution in [1.82, 2.24) is 4.37 Å². The summed E-state index contributed by atoms with van der Waals surface area (Å²) in [5.41, 5.74) is 1.10. The van der Waals surface area contributed by atoms with Gasteiger partial charge < -0.3 is 5.32 Å². The van der Waals surface area contributed by atoms with Crippen LogP contribution in [0.15, 0.2) is 24.3 Å². The highest BCUT2D eigenvalue weighted by Crippen LogP contribution is 2.43. The van der Waals surface area contributed by atoms with Gasteiger partial charge in [-0.1, -0.05) is 18.6 Å². The van der Waals surface area contributed by atoms with Crippen LogP contribution in [0.2, 0.25) is 0 Å². The van der Waals surface area contributed by atoms with Crippen LogP contribution < -0.4 is 5.32 Å². The third-order valence-electron chi connectivity index (χ3n) is 3.65. The molecule has 1 aromatic carbocycles. The minimum atomic E-state index is 0.477. The van der Waals surface area contributed by atoms with Gasteiger partial charge in [0.1, 0.15) is 5.00 Å². The van der Waals surface area contributed by atoms with Crippen molar-refractivity contribution in [3.05, 3.63) is 24.3 Å². The maximum atomic E-state index is 4.46. The average Bonchev–Trinajstić information content (AvgIpc) is 2.72. The molecule has 1 aromatic heterocycles. The van der Waals surface area contributed by atoms with Crippen LogP contribution in [0.5, 0.6) is 0 Å². The van der Waals surface area contributed by atoms with Crippen LogP contribution in [-0.2, 0) is 0 Å². The van der Waals surface area contributed by atoms with Gasteiger partial charge in [-0.25, -0.2) is 0 Å². The van der Waals surface area contributed by atoms with E-state index in [-0.39, 0.29) is 0 Å².